The van der Waals surface area contributed by atoms with Gasteiger partial charge in [-0.1, -0.05) is 55.9 Å². The molecule has 2 rings (SSSR count). The van der Waals surface area contributed by atoms with Crippen LogP contribution in [0.15, 0.2) is 30.3 Å². The maximum absolute atomic E-state index is 3.41. The van der Waals surface area contributed by atoms with Gasteiger partial charge in [0.25, 0.3) is 0 Å². The van der Waals surface area contributed by atoms with Gasteiger partial charge in [-0.2, -0.15) is 0 Å². The van der Waals surface area contributed by atoms with Crippen molar-refractivity contribution in [2.24, 2.45) is 0 Å². The molecular formula is C13H17NSi. The zero-order valence-corrected chi connectivity index (χ0v) is 10.5. The monoisotopic (exact) mass is 215 g/mol. The minimum absolute atomic E-state index is 0.388. The molecule has 1 heterocycles. The van der Waals surface area contributed by atoms with E-state index in [1.54, 1.807) is 0 Å². The second kappa shape index (κ2) is 3.84. The normalized spacial score (nSPS) is 24.2. The zero-order chi connectivity index (χ0) is 10.9. The smallest absolute Gasteiger partial charge is 0.129 e. The Hall–Kier alpha value is -1.04. The van der Waals surface area contributed by atoms with E-state index in [1.807, 2.05) is 0 Å². The van der Waals surface area contributed by atoms with E-state index in [4.69, 9.17) is 0 Å². The maximum atomic E-state index is 3.41. The first-order valence-corrected chi connectivity index (χ1v) is 8.90. The van der Waals surface area contributed by atoms with E-state index < -0.39 is 8.07 Å². The fourth-order valence-corrected chi connectivity index (χ4v) is 2.09. The Kier molecular flexibility index (Phi) is 2.68. The van der Waals surface area contributed by atoms with Gasteiger partial charge in [-0.05, 0) is 5.56 Å². The van der Waals surface area contributed by atoms with Gasteiger partial charge in [0.15, 0.2) is 0 Å². The molecule has 1 fully saturated rings. The lowest BCUT2D eigenvalue weighted by Crippen LogP contribution is -2.16. The molecule has 1 aliphatic rings. The van der Waals surface area contributed by atoms with E-state index in [9.17, 15) is 0 Å². The molecule has 2 heteroatoms. The molecule has 0 bridgehead atoms. The summed E-state index contributed by atoms with van der Waals surface area (Å²) in [7, 11) is -1.21. The molecule has 1 aromatic rings. The first-order valence-electron chi connectivity index (χ1n) is 5.40. The van der Waals surface area contributed by atoms with E-state index in [1.165, 1.54) is 5.56 Å². The molecule has 0 saturated carbocycles. The molecular weight excluding hydrogens is 198 g/mol. The molecule has 78 valence electrons. The standard InChI is InChI=1S/C13H17NSi/c1-15(2,3)10-9-12-13(14-12)11-7-5-4-6-8-11/h4-8,12-14H,1-3H3/t12-,13-/m1/s1. The molecule has 1 N–H and O–H groups in total. The summed E-state index contributed by atoms with van der Waals surface area (Å²) in [4.78, 5) is 0. The number of nitrogens with one attached hydrogen (secondary N) is 1. The van der Waals surface area contributed by atoms with E-state index >= 15 is 0 Å². The number of rotatable bonds is 1. The minimum atomic E-state index is -1.21. The average Bonchev–Trinajstić information content (AvgIpc) is 2.94. The lowest BCUT2D eigenvalue weighted by atomic mass is 10.1. The van der Waals surface area contributed by atoms with Gasteiger partial charge in [-0.3, -0.25) is 5.32 Å². The second-order valence-electron chi connectivity index (χ2n) is 5.05. The van der Waals surface area contributed by atoms with Crippen LogP contribution >= 0.6 is 0 Å². The predicted octanol–water partition coefficient (Wildman–Crippen LogP) is 2.58. The molecule has 0 unspecified atom stereocenters. The lowest BCUT2D eigenvalue weighted by molar-refractivity contribution is 1.07. The van der Waals surface area contributed by atoms with Crippen LogP contribution in [0.5, 0.6) is 0 Å². The summed E-state index contributed by atoms with van der Waals surface area (Å²) < 4.78 is 0. The van der Waals surface area contributed by atoms with Crippen molar-refractivity contribution in [3.63, 3.8) is 0 Å². The Morgan fingerprint density at radius 3 is 2.40 bits per heavy atom. The summed E-state index contributed by atoms with van der Waals surface area (Å²) in [5.74, 6) is 3.35. The van der Waals surface area contributed by atoms with Crippen molar-refractivity contribution in [3.05, 3.63) is 35.9 Å². The fraction of sp³-hybridized carbons (Fsp3) is 0.385. The van der Waals surface area contributed by atoms with Gasteiger partial charge in [0, 0.05) is 0 Å². The molecule has 15 heavy (non-hydrogen) atoms. The van der Waals surface area contributed by atoms with Crippen LogP contribution in [0.25, 0.3) is 0 Å². The van der Waals surface area contributed by atoms with Gasteiger partial charge in [-0.25, -0.2) is 0 Å². The summed E-state index contributed by atoms with van der Waals surface area (Å²) >= 11 is 0. The van der Waals surface area contributed by atoms with Crippen LogP contribution in [0.2, 0.25) is 19.6 Å². The quantitative estimate of drug-likeness (QED) is 0.434. The van der Waals surface area contributed by atoms with Crippen LogP contribution < -0.4 is 5.32 Å². The highest BCUT2D eigenvalue weighted by Gasteiger charge is 2.35. The van der Waals surface area contributed by atoms with Crippen molar-refractivity contribution in [2.75, 3.05) is 0 Å². The lowest BCUT2D eigenvalue weighted by Gasteiger charge is -2.02. The fourth-order valence-electron chi connectivity index (χ4n) is 1.51. The SMILES string of the molecule is C[Si](C)(C)C#C[C@H]1N[C@@H]1c1ccccc1. The Morgan fingerprint density at radius 2 is 1.80 bits per heavy atom. The highest BCUT2D eigenvalue weighted by atomic mass is 28.3. The maximum Gasteiger partial charge on any atom is 0.129 e. The zero-order valence-electron chi connectivity index (χ0n) is 9.54. The molecule has 1 aromatic carbocycles. The predicted molar refractivity (Wildman–Crippen MR) is 67.2 cm³/mol. The number of benzene rings is 1. The first-order chi connectivity index (χ1) is 7.06. The molecule has 1 saturated heterocycles. The van der Waals surface area contributed by atoms with Crippen LogP contribution in [0.3, 0.4) is 0 Å². The van der Waals surface area contributed by atoms with Crippen LogP contribution in [0.1, 0.15) is 11.6 Å². The molecule has 0 aliphatic carbocycles. The van der Waals surface area contributed by atoms with Crippen LogP contribution in [0.4, 0.5) is 0 Å². The largest absolute Gasteiger partial charge is 0.293 e. The van der Waals surface area contributed by atoms with Gasteiger partial charge in [0.05, 0.1) is 12.1 Å². The third kappa shape index (κ3) is 2.95. The minimum Gasteiger partial charge on any atom is -0.293 e. The van der Waals surface area contributed by atoms with Crippen molar-refractivity contribution >= 4 is 8.07 Å². The summed E-state index contributed by atoms with van der Waals surface area (Å²) in [6, 6.07) is 11.4. The summed E-state index contributed by atoms with van der Waals surface area (Å²) in [6.07, 6.45) is 0. The van der Waals surface area contributed by atoms with Crippen molar-refractivity contribution < 1.29 is 0 Å². The van der Waals surface area contributed by atoms with Gasteiger partial charge in [0.2, 0.25) is 0 Å². The van der Waals surface area contributed by atoms with Gasteiger partial charge >= 0.3 is 0 Å². The Morgan fingerprint density at radius 1 is 1.13 bits per heavy atom. The average molecular weight is 215 g/mol. The Bertz CT molecular complexity index is 394. The Balaban J connectivity index is 2.00. The topological polar surface area (TPSA) is 21.9 Å². The van der Waals surface area contributed by atoms with Gasteiger partial charge in [-0.15, -0.1) is 5.54 Å². The van der Waals surface area contributed by atoms with Crippen LogP contribution in [0, 0.1) is 11.5 Å². The third-order valence-corrected chi connectivity index (χ3v) is 3.24. The molecule has 1 aliphatic heterocycles. The highest BCUT2D eigenvalue weighted by molar-refractivity contribution is 6.83. The molecule has 1 nitrogen and oxygen atoms in total. The number of hydrogen-bond donors (Lipinski definition) is 1. The molecule has 0 radical (unpaired) electrons. The van der Waals surface area contributed by atoms with Crippen molar-refractivity contribution in [1.82, 2.24) is 5.32 Å². The second-order valence-corrected chi connectivity index (χ2v) is 9.80. The van der Waals surface area contributed by atoms with E-state index in [2.05, 4.69) is 66.8 Å². The van der Waals surface area contributed by atoms with Crippen LogP contribution in [-0.2, 0) is 0 Å². The first kappa shape index (κ1) is 10.5. The van der Waals surface area contributed by atoms with Crippen molar-refractivity contribution in [3.8, 4) is 11.5 Å². The summed E-state index contributed by atoms with van der Waals surface area (Å²) in [6.45, 7) is 6.83. The van der Waals surface area contributed by atoms with Gasteiger partial charge in [0.1, 0.15) is 8.07 Å². The van der Waals surface area contributed by atoms with Crippen LogP contribution in [-0.4, -0.2) is 14.1 Å². The third-order valence-electron chi connectivity index (χ3n) is 2.34. The molecule has 2 atom stereocenters. The number of hydrogen-bond acceptors (Lipinski definition) is 1. The van der Waals surface area contributed by atoms with Crippen molar-refractivity contribution in [2.45, 2.75) is 31.7 Å². The van der Waals surface area contributed by atoms with E-state index in [0.717, 1.165) is 0 Å². The van der Waals surface area contributed by atoms with Gasteiger partial charge < -0.3 is 0 Å². The molecule has 0 spiro atoms. The van der Waals surface area contributed by atoms with E-state index in [-0.39, 0.29) is 0 Å². The van der Waals surface area contributed by atoms with E-state index in [0.29, 0.717) is 12.1 Å². The molecule has 0 aromatic heterocycles. The highest BCUT2D eigenvalue weighted by Crippen LogP contribution is 2.28. The molecule has 0 amide bonds. The van der Waals surface area contributed by atoms with Crippen molar-refractivity contribution in [1.29, 1.82) is 0 Å². The Labute approximate surface area is 92.9 Å². The summed E-state index contributed by atoms with van der Waals surface area (Å²) in [5, 5.41) is 3.41. The summed E-state index contributed by atoms with van der Waals surface area (Å²) in [5.41, 5.74) is 4.76.